The van der Waals surface area contributed by atoms with E-state index in [0.29, 0.717) is 5.56 Å². The van der Waals surface area contributed by atoms with Crippen molar-refractivity contribution in [2.45, 2.75) is 4.90 Å². The number of Topliss-reactive ketones (excluding diaryl/α,β-unsaturated/α-hetero) is 1. The van der Waals surface area contributed by atoms with Gasteiger partial charge in [0.15, 0.2) is 5.78 Å². The summed E-state index contributed by atoms with van der Waals surface area (Å²) in [7, 11) is 1.72. The van der Waals surface area contributed by atoms with Crippen molar-refractivity contribution in [2.24, 2.45) is 0 Å². The molecule has 1 aromatic rings. The average molecular weight is 211 g/mol. The highest BCUT2D eigenvalue weighted by Gasteiger charge is 2.07. The molecule has 2 N–H and O–H groups in total. The first-order valence-electron chi connectivity index (χ1n) is 4.24. The van der Waals surface area contributed by atoms with E-state index < -0.39 is 0 Å². The summed E-state index contributed by atoms with van der Waals surface area (Å²) in [5.74, 6) is 0.148. The summed E-state index contributed by atoms with van der Waals surface area (Å²) in [5, 5.41) is 12.3. The van der Waals surface area contributed by atoms with Gasteiger partial charge in [0.1, 0.15) is 5.75 Å². The number of phenols is 1. The lowest BCUT2D eigenvalue weighted by molar-refractivity contribution is 0.0993. The van der Waals surface area contributed by atoms with E-state index in [1.54, 1.807) is 19.2 Å². The van der Waals surface area contributed by atoms with E-state index in [0.717, 1.165) is 4.90 Å². The second-order valence-electron chi connectivity index (χ2n) is 2.84. The molecule has 0 heterocycles. The Labute approximate surface area is 87.5 Å². The number of carbonyl (C=O) groups is 1. The third kappa shape index (κ3) is 2.49. The molecule has 0 saturated carbocycles. The zero-order chi connectivity index (χ0) is 10.6. The maximum atomic E-state index is 11.4. The number of carbonyl (C=O) groups excluding carboxylic acids is 1. The van der Waals surface area contributed by atoms with Crippen molar-refractivity contribution in [1.29, 1.82) is 0 Å². The van der Waals surface area contributed by atoms with Crippen molar-refractivity contribution < 1.29 is 9.90 Å². The number of hydrogen-bond donors (Lipinski definition) is 2. The molecule has 0 saturated heterocycles. The molecular formula is C10H13NO2S. The fourth-order valence-electron chi connectivity index (χ4n) is 1.13. The minimum Gasteiger partial charge on any atom is -0.507 e. The number of likely N-dealkylation sites (N-methyl/N-ethyl adjacent to an activating group) is 1. The Balaban J connectivity index is 2.91. The minimum absolute atomic E-state index is 0.0181. The van der Waals surface area contributed by atoms with Gasteiger partial charge in [-0.05, 0) is 31.5 Å². The molecule has 0 aliphatic rings. The van der Waals surface area contributed by atoms with Crippen LogP contribution in [-0.2, 0) is 0 Å². The number of nitrogens with one attached hydrogen (secondary N) is 1. The summed E-state index contributed by atoms with van der Waals surface area (Å²) < 4.78 is 0. The van der Waals surface area contributed by atoms with Crippen molar-refractivity contribution in [3.63, 3.8) is 0 Å². The molecule has 1 aromatic carbocycles. The van der Waals surface area contributed by atoms with Crippen LogP contribution in [0.1, 0.15) is 10.4 Å². The molecule has 4 heteroatoms. The van der Waals surface area contributed by atoms with Gasteiger partial charge in [0.25, 0.3) is 0 Å². The smallest absolute Gasteiger partial charge is 0.176 e. The molecular weight excluding hydrogens is 198 g/mol. The predicted octanol–water partition coefficient (Wildman–Crippen LogP) is 1.52. The molecule has 0 radical (unpaired) electrons. The number of aromatic hydroxyl groups is 1. The van der Waals surface area contributed by atoms with E-state index in [-0.39, 0.29) is 18.1 Å². The standard InChI is InChI=1S/C10H13NO2S/c1-11-6-9(13)7-3-4-10(14-2)8(12)5-7/h3-5,11-12H,6H2,1-2H3. The fraction of sp³-hybridized carbons (Fsp3) is 0.300. The molecule has 0 aromatic heterocycles. The van der Waals surface area contributed by atoms with Gasteiger partial charge in [-0.15, -0.1) is 11.8 Å². The van der Waals surface area contributed by atoms with Crippen LogP contribution in [0.4, 0.5) is 0 Å². The molecule has 76 valence electrons. The van der Waals surface area contributed by atoms with Gasteiger partial charge in [0.05, 0.1) is 6.54 Å². The molecule has 0 fully saturated rings. The van der Waals surface area contributed by atoms with E-state index in [9.17, 15) is 9.90 Å². The van der Waals surface area contributed by atoms with Gasteiger partial charge in [-0.2, -0.15) is 0 Å². The summed E-state index contributed by atoms with van der Waals surface area (Å²) in [4.78, 5) is 12.2. The topological polar surface area (TPSA) is 49.3 Å². The minimum atomic E-state index is -0.0181. The van der Waals surface area contributed by atoms with Crippen LogP contribution in [-0.4, -0.2) is 30.7 Å². The predicted molar refractivity (Wildman–Crippen MR) is 58.1 cm³/mol. The van der Waals surface area contributed by atoms with E-state index in [2.05, 4.69) is 5.32 Å². The quantitative estimate of drug-likeness (QED) is 0.585. The Morgan fingerprint density at radius 1 is 1.57 bits per heavy atom. The summed E-state index contributed by atoms with van der Waals surface area (Å²) >= 11 is 1.45. The van der Waals surface area contributed by atoms with Gasteiger partial charge in [0.2, 0.25) is 0 Å². The van der Waals surface area contributed by atoms with Gasteiger partial charge in [-0.1, -0.05) is 0 Å². The van der Waals surface area contributed by atoms with Crippen molar-refractivity contribution in [3.8, 4) is 5.75 Å². The number of thioether (sulfide) groups is 1. The summed E-state index contributed by atoms with van der Waals surface area (Å²) in [6.07, 6.45) is 1.88. The average Bonchev–Trinajstić information content (AvgIpc) is 2.18. The van der Waals surface area contributed by atoms with Crippen LogP contribution in [0.5, 0.6) is 5.75 Å². The highest BCUT2D eigenvalue weighted by atomic mass is 32.2. The van der Waals surface area contributed by atoms with Crippen LogP contribution in [0.2, 0.25) is 0 Å². The Morgan fingerprint density at radius 3 is 2.79 bits per heavy atom. The molecule has 0 spiro atoms. The Morgan fingerprint density at radius 2 is 2.29 bits per heavy atom. The largest absolute Gasteiger partial charge is 0.507 e. The third-order valence-electron chi connectivity index (χ3n) is 1.84. The number of hydrogen-bond acceptors (Lipinski definition) is 4. The summed E-state index contributed by atoms with van der Waals surface area (Å²) in [6.45, 7) is 0.290. The Kier molecular flexibility index (Phi) is 3.98. The molecule has 0 unspecified atom stereocenters. The lowest BCUT2D eigenvalue weighted by Crippen LogP contribution is -2.18. The van der Waals surface area contributed by atoms with Crippen LogP contribution in [0.15, 0.2) is 23.1 Å². The van der Waals surface area contributed by atoms with Gasteiger partial charge in [-0.3, -0.25) is 4.79 Å². The van der Waals surface area contributed by atoms with E-state index in [4.69, 9.17) is 0 Å². The number of ketones is 1. The van der Waals surface area contributed by atoms with E-state index >= 15 is 0 Å². The van der Waals surface area contributed by atoms with E-state index in [1.165, 1.54) is 17.8 Å². The first-order chi connectivity index (χ1) is 6.69. The van der Waals surface area contributed by atoms with Crippen LogP contribution < -0.4 is 5.32 Å². The maximum absolute atomic E-state index is 11.4. The molecule has 1 rings (SSSR count). The SMILES string of the molecule is CNCC(=O)c1ccc(SC)c(O)c1. The second kappa shape index (κ2) is 5.02. The molecule has 14 heavy (non-hydrogen) atoms. The highest BCUT2D eigenvalue weighted by Crippen LogP contribution is 2.27. The summed E-state index contributed by atoms with van der Waals surface area (Å²) in [6, 6.07) is 4.99. The lowest BCUT2D eigenvalue weighted by atomic mass is 10.1. The Bertz CT molecular complexity index is 339. The number of rotatable bonds is 4. The first-order valence-corrected chi connectivity index (χ1v) is 5.46. The maximum Gasteiger partial charge on any atom is 0.176 e. The third-order valence-corrected chi connectivity index (χ3v) is 2.62. The van der Waals surface area contributed by atoms with E-state index in [1.807, 2.05) is 6.26 Å². The van der Waals surface area contributed by atoms with Gasteiger partial charge in [-0.25, -0.2) is 0 Å². The fourth-order valence-corrected chi connectivity index (χ4v) is 1.60. The molecule has 0 aliphatic heterocycles. The van der Waals surface area contributed by atoms with Crippen LogP contribution in [0.25, 0.3) is 0 Å². The van der Waals surface area contributed by atoms with Crippen LogP contribution in [0, 0.1) is 0 Å². The van der Waals surface area contributed by atoms with Crippen LogP contribution >= 0.6 is 11.8 Å². The summed E-state index contributed by atoms with van der Waals surface area (Å²) in [5.41, 5.74) is 0.537. The first kappa shape index (κ1) is 11.1. The van der Waals surface area contributed by atoms with Gasteiger partial charge < -0.3 is 10.4 Å². The Hall–Kier alpha value is -1.00. The van der Waals surface area contributed by atoms with Crippen molar-refractivity contribution in [1.82, 2.24) is 5.32 Å². The molecule has 0 bridgehead atoms. The molecule has 3 nitrogen and oxygen atoms in total. The van der Waals surface area contributed by atoms with Gasteiger partial charge >= 0.3 is 0 Å². The monoisotopic (exact) mass is 211 g/mol. The molecule has 0 aliphatic carbocycles. The number of benzene rings is 1. The molecule has 0 atom stereocenters. The van der Waals surface area contributed by atoms with Crippen molar-refractivity contribution in [3.05, 3.63) is 23.8 Å². The van der Waals surface area contributed by atoms with Crippen molar-refractivity contribution >= 4 is 17.5 Å². The lowest BCUT2D eigenvalue weighted by Gasteiger charge is -2.04. The zero-order valence-electron chi connectivity index (χ0n) is 8.20. The van der Waals surface area contributed by atoms with Crippen LogP contribution in [0.3, 0.4) is 0 Å². The number of phenolic OH excluding ortho intramolecular Hbond substituents is 1. The van der Waals surface area contributed by atoms with Gasteiger partial charge in [0, 0.05) is 10.5 Å². The normalized spacial score (nSPS) is 10.1. The molecule has 0 amide bonds. The van der Waals surface area contributed by atoms with Crippen molar-refractivity contribution in [2.75, 3.05) is 19.8 Å². The second-order valence-corrected chi connectivity index (χ2v) is 3.69. The zero-order valence-corrected chi connectivity index (χ0v) is 9.02. The highest BCUT2D eigenvalue weighted by molar-refractivity contribution is 7.98.